The molecule has 0 radical (unpaired) electrons. The van der Waals surface area contributed by atoms with Crippen LogP contribution < -0.4 is 10.5 Å². The third kappa shape index (κ3) is 2.81. The average Bonchev–Trinajstić information content (AvgIpc) is 2.26. The normalized spacial score (nSPS) is 10.3. The third-order valence-electron chi connectivity index (χ3n) is 2.16. The Kier molecular flexibility index (Phi) is 3.41. The molecular formula is C12H10Cl2N2O. The highest BCUT2D eigenvalue weighted by molar-refractivity contribution is 6.42. The molecule has 0 bridgehead atoms. The highest BCUT2D eigenvalue weighted by Crippen LogP contribution is 2.34. The fourth-order valence-corrected chi connectivity index (χ4v) is 1.64. The van der Waals surface area contributed by atoms with Crippen LogP contribution >= 0.6 is 23.2 Å². The second-order valence-corrected chi connectivity index (χ2v) is 4.39. The lowest BCUT2D eigenvalue weighted by atomic mass is 10.3. The lowest BCUT2D eigenvalue weighted by molar-refractivity contribution is 0.465. The Balaban J connectivity index is 2.33. The maximum atomic E-state index is 5.90. The van der Waals surface area contributed by atoms with Gasteiger partial charge < -0.3 is 10.5 Å². The van der Waals surface area contributed by atoms with Crippen molar-refractivity contribution in [3.63, 3.8) is 0 Å². The van der Waals surface area contributed by atoms with E-state index in [4.69, 9.17) is 33.7 Å². The molecule has 2 aromatic rings. The summed E-state index contributed by atoms with van der Waals surface area (Å²) in [6.07, 6.45) is 1.67. The number of nitrogens with two attached hydrogens (primary N) is 1. The van der Waals surface area contributed by atoms with Gasteiger partial charge in [-0.1, -0.05) is 23.2 Å². The molecule has 3 nitrogen and oxygen atoms in total. The van der Waals surface area contributed by atoms with Gasteiger partial charge in [0.1, 0.15) is 0 Å². The number of nitrogen functional groups attached to an aromatic ring is 1. The SMILES string of the molecule is Cc1ccnc(Oc2cc(Cl)c(Cl)cc2N)c1. The monoisotopic (exact) mass is 268 g/mol. The number of aryl methyl sites for hydroxylation is 1. The number of nitrogens with zero attached hydrogens (tertiary/aromatic N) is 1. The van der Waals surface area contributed by atoms with E-state index in [2.05, 4.69) is 4.98 Å². The summed E-state index contributed by atoms with van der Waals surface area (Å²) in [7, 11) is 0. The molecule has 0 aliphatic carbocycles. The molecule has 1 aromatic carbocycles. The van der Waals surface area contributed by atoms with Crippen LogP contribution in [-0.4, -0.2) is 4.98 Å². The van der Waals surface area contributed by atoms with Crippen molar-refractivity contribution >= 4 is 28.9 Å². The summed E-state index contributed by atoms with van der Waals surface area (Å²) in [6.45, 7) is 1.95. The summed E-state index contributed by atoms with van der Waals surface area (Å²) >= 11 is 11.7. The Hall–Kier alpha value is -1.45. The van der Waals surface area contributed by atoms with Crippen molar-refractivity contribution in [1.29, 1.82) is 0 Å². The molecule has 5 heteroatoms. The number of hydrogen-bond donors (Lipinski definition) is 1. The fraction of sp³-hybridized carbons (Fsp3) is 0.0833. The lowest BCUT2D eigenvalue weighted by Crippen LogP contribution is -1.94. The predicted octanol–water partition coefficient (Wildman–Crippen LogP) is 4.07. The second-order valence-electron chi connectivity index (χ2n) is 3.58. The molecule has 0 amide bonds. The van der Waals surface area contributed by atoms with Crippen LogP contribution in [0.2, 0.25) is 10.0 Å². The summed E-state index contributed by atoms with van der Waals surface area (Å²) in [6, 6.07) is 6.81. The zero-order valence-electron chi connectivity index (χ0n) is 9.08. The first-order valence-corrected chi connectivity index (χ1v) is 5.67. The van der Waals surface area contributed by atoms with Crippen LogP contribution in [0.1, 0.15) is 5.56 Å². The van der Waals surface area contributed by atoms with E-state index in [1.165, 1.54) is 0 Å². The number of ether oxygens (including phenoxy) is 1. The van der Waals surface area contributed by atoms with Gasteiger partial charge in [-0.15, -0.1) is 0 Å². The largest absolute Gasteiger partial charge is 0.437 e. The van der Waals surface area contributed by atoms with Gasteiger partial charge >= 0.3 is 0 Å². The summed E-state index contributed by atoms with van der Waals surface area (Å²) in [5, 5.41) is 0.789. The molecule has 0 aliphatic rings. The van der Waals surface area contributed by atoms with Crippen molar-refractivity contribution in [2.75, 3.05) is 5.73 Å². The van der Waals surface area contributed by atoms with Gasteiger partial charge in [-0.3, -0.25) is 0 Å². The zero-order valence-corrected chi connectivity index (χ0v) is 10.6. The van der Waals surface area contributed by atoms with Crippen molar-refractivity contribution in [2.24, 2.45) is 0 Å². The number of anilines is 1. The average molecular weight is 269 g/mol. The maximum absolute atomic E-state index is 5.90. The van der Waals surface area contributed by atoms with Gasteiger partial charge in [0.15, 0.2) is 5.75 Å². The molecule has 0 aliphatic heterocycles. The van der Waals surface area contributed by atoms with E-state index in [-0.39, 0.29) is 0 Å². The van der Waals surface area contributed by atoms with Gasteiger partial charge in [-0.05, 0) is 24.6 Å². The number of rotatable bonds is 2. The van der Waals surface area contributed by atoms with Gasteiger partial charge in [0.2, 0.25) is 5.88 Å². The number of aromatic nitrogens is 1. The summed E-state index contributed by atoms with van der Waals surface area (Å²) in [5.74, 6) is 0.910. The molecule has 2 rings (SSSR count). The number of hydrogen-bond acceptors (Lipinski definition) is 3. The van der Waals surface area contributed by atoms with Gasteiger partial charge in [0.25, 0.3) is 0 Å². The van der Waals surface area contributed by atoms with Gasteiger partial charge in [-0.25, -0.2) is 4.98 Å². The van der Waals surface area contributed by atoms with Crippen molar-refractivity contribution in [3.05, 3.63) is 46.1 Å². The van der Waals surface area contributed by atoms with Crippen LogP contribution in [0, 0.1) is 6.92 Å². The molecule has 1 aromatic heterocycles. The standard InChI is InChI=1S/C12H10Cl2N2O/c1-7-2-3-16-12(4-7)17-11-6-9(14)8(13)5-10(11)15/h2-6H,15H2,1H3. The van der Waals surface area contributed by atoms with Crippen LogP contribution in [0.3, 0.4) is 0 Å². The van der Waals surface area contributed by atoms with Gasteiger partial charge in [0, 0.05) is 18.3 Å². The number of pyridine rings is 1. The molecular weight excluding hydrogens is 259 g/mol. The van der Waals surface area contributed by atoms with Crippen LogP contribution in [-0.2, 0) is 0 Å². The van der Waals surface area contributed by atoms with E-state index in [0.29, 0.717) is 27.4 Å². The Morgan fingerprint density at radius 3 is 2.59 bits per heavy atom. The molecule has 1 heterocycles. The Morgan fingerprint density at radius 1 is 1.18 bits per heavy atom. The van der Waals surface area contributed by atoms with Crippen LogP contribution in [0.4, 0.5) is 5.69 Å². The molecule has 2 N–H and O–H groups in total. The first kappa shape index (κ1) is 12.0. The maximum Gasteiger partial charge on any atom is 0.219 e. The van der Waals surface area contributed by atoms with Crippen molar-refractivity contribution in [3.8, 4) is 11.6 Å². The topological polar surface area (TPSA) is 48.1 Å². The Labute approximate surface area is 109 Å². The Bertz CT molecular complexity index is 558. The van der Waals surface area contributed by atoms with Gasteiger partial charge in [-0.2, -0.15) is 0 Å². The smallest absolute Gasteiger partial charge is 0.219 e. The highest BCUT2D eigenvalue weighted by Gasteiger charge is 2.07. The highest BCUT2D eigenvalue weighted by atomic mass is 35.5. The molecule has 0 atom stereocenters. The van der Waals surface area contributed by atoms with E-state index in [1.807, 2.05) is 19.1 Å². The second kappa shape index (κ2) is 4.82. The minimum Gasteiger partial charge on any atom is -0.437 e. The van der Waals surface area contributed by atoms with Crippen LogP contribution in [0.25, 0.3) is 0 Å². The molecule has 0 saturated heterocycles. The zero-order chi connectivity index (χ0) is 12.4. The lowest BCUT2D eigenvalue weighted by Gasteiger charge is -2.09. The van der Waals surface area contributed by atoms with Crippen LogP contribution in [0.15, 0.2) is 30.5 Å². The minimum atomic E-state index is 0.392. The molecule has 0 fully saturated rings. The molecule has 0 spiro atoms. The Morgan fingerprint density at radius 2 is 1.88 bits per heavy atom. The summed E-state index contributed by atoms with van der Waals surface area (Å²) < 4.78 is 5.55. The van der Waals surface area contributed by atoms with E-state index in [1.54, 1.807) is 18.3 Å². The predicted molar refractivity (Wildman–Crippen MR) is 69.9 cm³/mol. The molecule has 0 unspecified atom stereocenters. The summed E-state index contributed by atoms with van der Waals surface area (Å²) in [5.41, 5.74) is 7.25. The van der Waals surface area contributed by atoms with Crippen molar-refractivity contribution in [2.45, 2.75) is 6.92 Å². The van der Waals surface area contributed by atoms with Crippen molar-refractivity contribution in [1.82, 2.24) is 4.98 Å². The van der Waals surface area contributed by atoms with Crippen LogP contribution in [0.5, 0.6) is 11.6 Å². The van der Waals surface area contributed by atoms with Crippen molar-refractivity contribution < 1.29 is 4.74 Å². The van der Waals surface area contributed by atoms with Gasteiger partial charge in [0.05, 0.1) is 15.7 Å². The third-order valence-corrected chi connectivity index (χ3v) is 2.88. The molecule has 88 valence electrons. The number of halogens is 2. The van der Waals surface area contributed by atoms with E-state index in [9.17, 15) is 0 Å². The quantitative estimate of drug-likeness (QED) is 0.836. The first-order chi connectivity index (χ1) is 8.06. The van der Waals surface area contributed by atoms with E-state index in [0.717, 1.165) is 5.56 Å². The molecule has 17 heavy (non-hydrogen) atoms. The minimum absolute atomic E-state index is 0.392. The van der Waals surface area contributed by atoms with E-state index < -0.39 is 0 Å². The summed E-state index contributed by atoms with van der Waals surface area (Å²) in [4.78, 5) is 4.07. The number of benzene rings is 1. The molecule has 0 saturated carbocycles. The fourth-order valence-electron chi connectivity index (χ4n) is 1.31. The first-order valence-electron chi connectivity index (χ1n) is 4.91. The van der Waals surface area contributed by atoms with E-state index >= 15 is 0 Å².